The first-order valence-electron chi connectivity index (χ1n) is 16.5. The van der Waals surface area contributed by atoms with Crippen LogP contribution in [0.25, 0.3) is 39.2 Å². The molecule has 0 unspecified atom stereocenters. The van der Waals surface area contributed by atoms with E-state index in [1.165, 1.54) is 0 Å². The van der Waals surface area contributed by atoms with Crippen LogP contribution in [0, 0.1) is 0 Å². The predicted octanol–water partition coefficient (Wildman–Crippen LogP) is 5.78. The number of carbonyl (C=O) groups excluding carboxylic acids is 2. The molecule has 0 bridgehead atoms. The van der Waals surface area contributed by atoms with E-state index in [-0.39, 0.29) is 23.9 Å². The maximum Gasteiger partial charge on any atom is 0.220 e. The molecule has 49 heavy (non-hydrogen) atoms. The van der Waals surface area contributed by atoms with Crippen molar-refractivity contribution in [2.24, 2.45) is 0 Å². The normalized spacial score (nSPS) is 17.4. The summed E-state index contributed by atoms with van der Waals surface area (Å²) in [5.74, 6) is 0.731. The zero-order valence-corrected chi connectivity index (χ0v) is 28.6. The van der Waals surface area contributed by atoms with Gasteiger partial charge in [-0.25, -0.2) is 9.97 Å². The third kappa shape index (κ3) is 7.28. The van der Waals surface area contributed by atoms with Crippen LogP contribution in [0.15, 0.2) is 73.1 Å². The van der Waals surface area contributed by atoms with Crippen molar-refractivity contribution in [2.75, 3.05) is 20.2 Å². The molecule has 7 rings (SSSR count). The lowest BCUT2D eigenvalue weighted by Crippen LogP contribution is -2.35. The molecule has 252 valence electrons. The summed E-state index contributed by atoms with van der Waals surface area (Å²) in [6, 6.07) is 20.1. The van der Waals surface area contributed by atoms with Crippen molar-refractivity contribution in [3.63, 3.8) is 0 Å². The Morgan fingerprint density at radius 3 is 2.06 bits per heavy atom. The molecule has 2 saturated heterocycles. The lowest BCUT2D eigenvalue weighted by molar-refractivity contribution is -0.120. The molecule has 2 atom stereocenters. The second-order valence-electron chi connectivity index (χ2n) is 12.5. The molecule has 5 aromatic rings. The van der Waals surface area contributed by atoms with E-state index in [4.69, 9.17) is 37.9 Å². The standard InChI is InChI=1S/C37H37Cl2N7O3/c1-49-37-22(16-40-17-24-10-14-33(47)43-24)8-12-31(45-37)30-7-3-6-29(36(30)39)28-5-2-4-27(35(28)38)23-9-13-32-42-26(21-46(32)20-23)19-41-18-25-11-15-34(48)44-25/h2-9,12-13,20-21,24-25,40-41H,10-11,14-19H2,1H3,(H,43,47)(H,44,48)/t24-,25-/m0/s1. The number of nitrogens with one attached hydrogen (secondary N) is 4. The monoisotopic (exact) mass is 697 g/mol. The Bertz CT molecular complexity index is 2030. The van der Waals surface area contributed by atoms with Crippen molar-refractivity contribution in [3.8, 4) is 39.4 Å². The SMILES string of the molecule is COc1nc(-c2cccc(-c3cccc(-c4ccc5nc(CNC[C@@H]6CCC(=O)N6)cn5c4)c3Cl)c2Cl)ccc1CNC[C@@H]1CCC(=O)N1. The smallest absolute Gasteiger partial charge is 0.220 e. The molecular formula is C37H37Cl2N7O3. The van der Waals surface area contributed by atoms with Gasteiger partial charge in [0, 0.05) is 91.3 Å². The van der Waals surface area contributed by atoms with Crippen molar-refractivity contribution in [2.45, 2.75) is 50.9 Å². The molecule has 3 aromatic heterocycles. The van der Waals surface area contributed by atoms with Crippen molar-refractivity contribution < 1.29 is 14.3 Å². The number of aromatic nitrogens is 3. The van der Waals surface area contributed by atoms with E-state index in [9.17, 15) is 9.59 Å². The van der Waals surface area contributed by atoms with E-state index >= 15 is 0 Å². The Kier molecular flexibility index (Phi) is 9.81. The molecule has 10 nitrogen and oxygen atoms in total. The first-order valence-corrected chi connectivity index (χ1v) is 17.2. The quantitative estimate of drug-likeness (QED) is 0.130. The number of carbonyl (C=O) groups is 2. The summed E-state index contributed by atoms with van der Waals surface area (Å²) >= 11 is 14.2. The zero-order chi connectivity index (χ0) is 33.9. The number of nitrogens with zero attached hydrogens (tertiary/aromatic N) is 3. The van der Waals surface area contributed by atoms with Gasteiger partial charge in [0.05, 0.1) is 28.5 Å². The molecule has 0 radical (unpaired) electrons. The van der Waals surface area contributed by atoms with Crippen LogP contribution in [0.2, 0.25) is 10.0 Å². The van der Waals surface area contributed by atoms with Gasteiger partial charge in [-0.1, -0.05) is 65.7 Å². The molecule has 12 heteroatoms. The van der Waals surface area contributed by atoms with Crippen LogP contribution in [-0.4, -0.2) is 58.5 Å². The number of amides is 2. The van der Waals surface area contributed by atoms with E-state index in [0.717, 1.165) is 57.6 Å². The van der Waals surface area contributed by atoms with Crippen molar-refractivity contribution >= 4 is 40.7 Å². The summed E-state index contributed by atoms with van der Waals surface area (Å²) in [5, 5.41) is 13.9. The molecule has 2 aromatic carbocycles. The van der Waals surface area contributed by atoms with E-state index in [0.29, 0.717) is 60.6 Å². The Hall–Kier alpha value is -4.48. The summed E-state index contributed by atoms with van der Waals surface area (Å²) in [6.45, 7) is 2.56. The van der Waals surface area contributed by atoms with Gasteiger partial charge in [-0.05, 0) is 36.6 Å². The van der Waals surface area contributed by atoms with Crippen molar-refractivity contribution in [3.05, 3.63) is 94.4 Å². The minimum Gasteiger partial charge on any atom is -0.481 e. The molecule has 5 heterocycles. The van der Waals surface area contributed by atoms with Crippen molar-refractivity contribution in [1.29, 1.82) is 0 Å². The van der Waals surface area contributed by atoms with Crippen LogP contribution < -0.4 is 26.0 Å². The fourth-order valence-electron chi connectivity index (χ4n) is 6.54. The minimum atomic E-state index is 0.103. The van der Waals surface area contributed by atoms with Crippen LogP contribution in [0.1, 0.15) is 36.9 Å². The fraction of sp³-hybridized carbons (Fsp3) is 0.297. The topological polar surface area (TPSA) is 122 Å². The number of pyridine rings is 2. The molecule has 0 spiro atoms. The zero-order valence-electron chi connectivity index (χ0n) is 27.1. The number of hydrogen-bond acceptors (Lipinski definition) is 7. The predicted molar refractivity (Wildman–Crippen MR) is 192 cm³/mol. The Balaban J connectivity index is 1.09. The van der Waals surface area contributed by atoms with Gasteiger partial charge in [0.2, 0.25) is 17.7 Å². The largest absolute Gasteiger partial charge is 0.481 e. The first-order chi connectivity index (χ1) is 23.9. The number of imidazole rings is 1. The minimum absolute atomic E-state index is 0.103. The molecule has 2 amide bonds. The Morgan fingerprint density at radius 2 is 1.41 bits per heavy atom. The van der Waals surface area contributed by atoms with Crippen LogP contribution in [0.3, 0.4) is 0 Å². The third-order valence-electron chi connectivity index (χ3n) is 9.08. The van der Waals surface area contributed by atoms with Crippen LogP contribution in [0.4, 0.5) is 0 Å². The van der Waals surface area contributed by atoms with Crippen LogP contribution >= 0.6 is 23.2 Å². The van der Waals surface area contributed by atoms with Gasteiger partial charge >= 0.3 is 0 Å². The lowest BCUT2D eigenvalue weighted by Gasteiger charge is -2.16. The lowest BCUT2D eigenvalue weighted by atomic mass is 9.97. The average Bonchev–Trinajstić information content (AvgIpc) is 3.84. The highest BCUT2D eigenvalue weighted by molar-refractivity contribution is 6.39. The van der Waals surface area contributed by atoms with Crippen LogP contribution in [-0.2, 0) is 22.7 Å². The second kappa shape index (κ2) is 14.6. The van der Waals surface area contributed by atoms with E-state index < -0.39 is 0 Å². The van der Waals surface area contributed by atoms with Crippen molar-refractivity contribution in [1.82, 2.24) is 35.6 Å². The number of ether oxygens (including phenoxy) is 1. The number of hydrogen-bond donors (Lipinski definition) is 4. The van der Waals surface area contributed by atoms with Gasteiger partial charge in [0.1, 0.15) is 5.65 Å². The van der Waals surface area contributed by atoms with E-state index in [1.807, 2.05) is 77.5 Å². The third-order valence-corrected chi connectivity index (χ3v) is 9.90. The number of methoxy groups -OCH3 is 1. The number of halogens is 2. The number of benzene rings is 2. The molecule has 2 aliphatic rings. The highest BCUT2D eigenvalue weighted by Gasteiger charge is 2.22. The van der Waals surface area contributed by atoms with Gasteiger partial charge in [0.15, 0.2) is 0 Å². The maximum absolute atomic E-state index is 11.5. The summed E-state index contributed by atoms with van der Waals surface area (Å²) in [4.78, 5) is 32.5. The first kappa shape index (κ1) is 33.0. The molecule has 2 fully saturated rings. The van der Waals surface area contributed by atoms with Gasteiger partial charge in [-0.15, -0.1) is 0 Å². The molecule has 0 aliphatic carbocycles. The number of rotatable bonds is 12. The summed E-state index contributed by atoms with van der Waals surface area (Å²) in [5.41, 5.74) is 7.55. The fourth-order valence-corrected chi connectivity index (χ4v) is 7.20. The second-order valence-corrected chi connectivity index (χ2v) is 13.2. The molecular weight excluding hydrogens is 661 g/mol. The van der Waals surface area contributed by atoms with E-state index in [2.05, 4.69) is 21.3 Å². The van der Waals surface area contributed by atoms with Gasteiger partial charge in [-0.2, -0.15) is 0 Å². The summed E-state index contributed by atoms with van der Waals surface area (Å²) < 4.78 is 7.66. The average molecular weight is 699 g/mol. The highest BCUT2D eigenvalue weighted by atomic mass is 35.5. The van der Waals surface area contributed by atoms with Gasteiger partial charge in [-0.3, -0.25) is 9.59 Å². The maximum atomic E-state index is 11.5. The van der Waals surface area contributed by atoms with Crippen LogP contribution in [0.5, 0.6) is 5.88 Å². The van der Waals surface area contributed by atoms with E-state index in [1.54, 1.807) is 7.11 Å². The summed E-state index contributed by atoms with van der Waals surface area (Å²) in [7, 11) is 1.61. The highest BCUT2D eigenvalue weighted by Crippen LogP contribution is 2.42. The molecule has 2 aliphatic heterocycles. The molecule has 0 saturated carbocycles. The summed E-state index contributed by atoms with van der Waals surface area (Å²) in [6.07, 6.45) is 6.90. The van der Waals surface area contributed by atoms with Gasteiger partial charge < -0.3 is 30.4 Å². The number of fused-ring (bicyclic) bond motifs is 1. The molecule has 4 N–H and O–H groups in total. The Labute approximate surface area is 294 Å². The Morgan fingerprint density at radius 1 is 0.776 bits per heavy atom. The van der Waals surface area contributed by atoms with Gasteiger partial charge in [0.25, 0.3) is 0 Å².